The molecule has 0 aliphatic heterocycles. The van der Waals surface area contributed by atoms with Gasteiger partial charge in [0.15, 0.2) is 5.78 Å². The van der Waals surface area contributed by atoms with Gasteiger partial charge in [0.2, 0.25) is 0 Å². The molecule has 2 nitrogen and oxygen atoms in total. The number of aryl methyl sites for hydroxylation is 1. The van der Waals surface area contributed by atoms with Gasteiger partial charge in [0.25, 0.3) is 0 Å². The van der Waals surface area contributed by atoms with Gasteiger partial charge in [-0.2, -0.15) is 0 Å². The van der Waals surface area contributed by atoms with Crippen molar-refractivity contribution in [1.29, 1.82) is 0 Å². The van der Waals surface area contributed by atoms with Crippen molar-refractivity contribution in [2.75, 3.05) is 0 Å². The second-order valence-electron chi connectivity index (χ2n) is 4.69. The standard InChI is InChI=1S/C12H17NOS/c1-8-6-9(7-15-8)11(14)12(2)5-3-4-10(12)13/h6-7,10H,3-5,13H2,1-2H3. The molecule has 1 aromatic rings. The van der Waals surface area contributed by atoms with E-state index in [1.54, 1.807) is 11.3 Å². The lowest BCUT2D eigenvalue weighted by Gasteiger charge is -2.26. The molecule has 0 amide bonds. The fraction of sp³-hybridized carbons (Fsp3) is 0.583. The molecule has 2 N–H and O–H groups in total. The molecule has 2 unspecified atom stereocenters. The first kappa shape index (κ1) is 10.8. The number of rotatable bonds is 2. The second kappa shape index (κ2) is 3.72. The summed E-state index contributed by atoms with van der Waals surface area (Å²) in [6.07, 6.45) is 2.99. The second-order valence-corrected chi connectivity index (χ2v) is 5.81. The maximum Gasteiger partial charge on any atom is 0.171 e. The Labute approximate surface area is 94.5 Å². The highest BCUT2D eigenvalue weighted by Gasteiger charge is 2.43. The first-order chi connectivity index (χ1) is 7.04. The first-order valence-electron chi connectivity index (χ1n) is 5.39. The number of nitrogens with two attached hydrogens (primary N) is 1. The van der Waals surface area contributed by atoms with Gasteiger partial charge >= 0.3 is 0 Å². The average molecular weight is 223 g/mol. The van der Waals surface area contributed by atoms with Gasteiger partial charge in [-0.3, -0.25) is 4.79 Å². The molecular formula is C12H17NOS. The molecule has 1 saturated carbocycles. The number of thiophene rings is 1. The van der Waals surface area contributed by atoms with Crippen LogP contribution in [0.5, 0.6) is 0 Å². The van der Waals surface area contributed by atoms with E-state index >= 15 is 0 Å². The van der Waals surface area contributed by atoms with Crippen molar-refractivity contribution in [3.05, 3.63) is 21.9 Å². The smallest absolute Gasteiger partial charge is 0.171 e. The minimum absolute atomic E-state index is 0.0326. The summed E-state index contributed by atoms with van der Waals surface area (Å²) in [7, 11) is 0. The van der Waals surface area contributed by atoms with Crippen LogP contribution >= 0.6 is 11.3 Å². The van der Waals surface area contributed by atoms with Crippen molar-refractivity contribution in [2.45, 2.75) is 39.2 Å². The van der Waals surface area contributed by atoms with E-state index in [2.05, 4.69) is 0 Å². The van der Waals surface area contributed by atoms with Gasteiger partial charge in [-0.1, -0.05) is 13.3 Å². The highest BCUT2D eigenvalue weighted by atomic mass is 32.1. The Morgan fingerprint density at radius 2 is 2.40 bits per heavy atom. The van der Waals surface area contributed by atoms with Gasteiger partial charge in [-0.25, -0.2) is 0 Å². The highest BCUT2D eigenvalue weighted by Crippen LogP contribution is 2.40. The Morgan fingerprint density at radius 1 is 1.67 bits per heavy atom. The highest BCUT2D eigenvalue weighted by molar-refractivity contribution is 7.10. The van der Waals surface area contributed by atoms with Crippen LogP contribution in [-0.4, -0.2) is 11.8 Å². The number of ketones is 1. The fourth-order valence-corrected chi connectivity index (χ4v) is 3.05. The summed E-state index contributed by atoms with van der Waals surface area (Å²) in [5, 5.41) is 1.95. The van der Waals surface area contributed by atoms with Crippen LogP contribution < -0.4 is 5.73 Å². The maximum atomic E-state index is 12.3. The Bertz CT molecular complexity index is 385. The van der Waals surface area contributed by atoms with Gasteiger partial charge in [0.1, 0.15) is 0 Å². The fourth-order valence-electron chi connectivity index (χ4n) is 2.37. The molecule has 2 atom stereocenters. The predicted octanol–water partition coefficient (Wildman–Crippen LogP) is 2.76. The Kier molecular flexibility index (Phi) is 2.69. The van der Waals surface area contributed by atoms with Crippen molar-refractivity contribution in [1.82, 2.24) is 0 Å². The lowest BCUT2D eigenvalue weighted by molar-refractivity contribution is 0.0803. The third kappa shape index (κ3) is 1.74. The van der Waals surface area contributed by atoms with E-state index in [0.29, 0.717) is 0 Å². The third-order valence-electron chi connectivity index (χ3n) is 3.54. The zero-order chi connectivity index (χ0) is 11.1. The van der Waals surface area contributed by atoms with Gasteiger partial charge in [0.05, 0.1) is 0 Å². The molecule has 2 rings (SSSR count). The average Bonchev–Trinajstić information content (AvgIpc) is 2.75. The molecule has 1 heterocycles. The van der Waals surface area contributed by atoms with Crippen molar-refractivity contribution in [3.8, 4) is 0 Å². The summed E-state index contributed by atoms with van der Waals surface area (Å²) in [6.45, 7) is 4.04. The topological polar surface area (TPSA) is 43.1 Å². The van der Waals surface area contributed by atoms with Crippen molar-refractivity contribution in [3.63, 3.8) is 0 Å². The van der Waals surface area contributed by atoms with Crippen molar-refractivity contribution in [2.24, 2.45) is 11.1 Å². The van der Waals surface area contributed by atoms with Crippen LogP contribution in [0.4, 0.5) is 0 Å². The Balaban J connectivity index is 2.28. The van der Waals surface area contributed by atoms with Crippen LogP contribution in [0.25, 0.3) is 0 Å². The molecular weight excluding hydrogens is 206 g/mol. The minimum atomic E-state index is -0.326. The number of carbonyl (C=O) groups is 1. The molecule has 0 saturated heterocycles. The normalized spacial score (nSPS) is 30.7. The molecule has 0 aromatic carbocycles. The molecule has 15 heavy (non-hydrogen) atoms. The number of hydrogen-bond acceptors (Lipinski definition) is 3. The summed E-state index contributed by atoms with van der Waals surface area (Å²) in [5.74, 6) is 0.233. The van der Waals surface area contributed by atoms with Crippen LogP contribution in [0.1, 0.15) is 41.4 Å². The van der Waals surface area contributed by atoms with E-state index in [9.17, 15) is 4.79 Å². The van der Waals surface area contributed by atoms with Gasteiger partial charge in [0, 0.05) is 27.3 Å². The molecule has 0 bridgehead atoms. The summed E-state index contributed by atoms with van der Waals surface area (Å²) in [6, 6.07) is 2.01. The van der Waals surface area contributed by atoms with Gasteiger partial charge in [-0.15, -0.1) is 11.3 Å². The predicted molar refractivity (Wildman–Crippen MR) is 63.3 cm³/mol. The molecule has 1 aliphatic carbocycles. The monoisotopic (exact) mass is 223 g/mol. The van der Waals surface area contributed by atoms with E-state index in [0.717, 1.165) is 24.8 Å². The summed E-state index contributed by atoms with van der Waals surface area (Å²) >= 11 is 1.63. The maximum absolute atomic E-state index is 12.3. The van der Waals surface area contributed by atoms with E-state index < -0.39 is 0 Å². The Hall–Kier alpha value is -0.670. The Morgan fingerprint density at radius 3 is 2.87 bits per heavy atom. The van der Waals surface area contributed by atoms with Crippen LogP contribution in [0, 0.1) is 12.3 Å². The number of Topliss-reactive ketones (excluding diaryl/α,β-unsaturated/α-hetero) is 1. The largest absolute Gasteiger partial charge is 0.327 e. The summed E-state index contributed by atoms with van der Waals surface area (Å²) < 4.78 is 0. The minimum Gasteiger partial charge on any atom is -0.327 e. The molecule has 82 valence electrons. The van der Waals surface area contributed by atoms with Crippen LogP contribution in [0.3, 0.4) is 0 Å². The van der Waals surface area contributed by atoms with E-state index in [4.69, 9.17) is 5.73 Å². The molecule has 1 aliphatic rings. The lowest BCUT2D eigenvalue weighted by Crippen LogP contribution is -2.40. The molecule has 3 heteroatoms. The quantitative estimate of drug-likeness (QED) is 0.783. The lowest BCUT2D eigenvalue weighted by atomic mass is 9.78. The van der Waals surface area contributed by atoms with Crippen LogP contribution in [0.2, 0.25) is 0 Å². The SMILES string of the molecule is Cc1cc(C(=O)C2(C)CCCC2N)cs1. The van der Waals surface area contributed by atoms with Gasteiger partial charge in [-0.05, 0) is 25.8 Å². The number of carbonyl (C=O) groups excluding carboxylic acids is 1. The molecule has 0 spiro atoms. The molecule has 1 fully saturated rings. The zero-order valence-electron chi connectivity index (χ0n) is 9.25. The van der Waals surface area contributed by atoms with Gasteiger partial charge < -0.3 is 5.73 Å². The first-order valence-corrected chi connectivity index (χ1v) is 6.27. The van der Waals surface area contributed by atoms with Crippen LogP contribution in [0.15, 0.2) is 11.4 Å². The summed E-state index contributed by atoms with van der Waals surface area (Å²) in [5.41, 5.74) is 6.56. The van der Waals surface area contributed by atoms with E-state index in [1.807, 2.05) is 25.3 Å². The van der Waals surface area contributed by atoms with E-state index in [-0.39, 0.29) is 17.2 Å². The van der Waals surface area contributed by atoms with Crippen molar-refractivity contribution >= 4 is 17.1 Å². The number of hydrogen-bond donors (Lipinski definition) is 1. The summed E-state index contributed by atoms with van der Waals surface area (Å²) in [4.78, 5) is 13.5. The third-order valence-corrected chi connectivity index (χ3v) is 4.40. The van der Waals surface area contributed by atoms with E-state index in [1.165, 1.54) is 4.88 Å². The molecule has 1 aromatic heterocycles. The zero-order valence-corrected chi connectivity index (χ0v) is 10.1. The molecule has 0 radical (unpaired) electrons. The van der Waals surface area contributed by atoms with Crippen molar-refractivity contribution < 1.29 is 4.79 Å². The van der Waals surface area contributed by atoms with Crippen LogP contribution in [-0.2, 0) is 0 Å².